The Balaban J connectivity index is 1.83. The highest BCUT2D eigenvalue weighted by atomic mass is 32.2. The third kappa shape index (κ3) is 7.12. The molecule has 2 aromatic heterocycles. The SMILES string of the molecule is NC(=O)C(Cc1cccs1)NC(=O)C1CC(NS(=O)(=O)c2cccs2)CCN1C(=O)C(O)C(O)C(=O)O. The van der Waals surface area contributed by atoms with Crippen molar-refractivity contribution in [3.63, 3.8) is 0 Å². The Bertz CT molecular complexity index is 1220. The van der Waals surface area contributed by atoms with Crippen LogP contribution in [-0.4, -0.2) is 89.2 Å². The van der Waals surface area contributed by atoms with Gasteiger partial charge in [0.25, 0.3) is 5.91 Å². The number of carboxylic acid groups (broad SMARTS) is 1. The molecule has 5 atom stereocenters. The van der Waals surface area contributed by atoms with E-state index in [1.54, 1.807) is 29.0 Å². The van der Waals surface area contributed by atoms with Crippen molar-refractivity contribution in [2.24, 2.45) is 5.73 Å². The topological polar surface area (TPSA) is 216 Å². The number of aliphatic hydroxyl groups excluding tert-OH is 2. The summed E-state index contributed by atoms with van der Waals surface area (Å²) >= 11 is 2.33. The van der Waals surface area contributed by atoms with E-state index in [0.717, 1.165) is 21.1 Å². The van der Waals surface area contributed by atoms with Gasteiger partial charge in [0.1, 0.15) is 16.3 Å². The van der Waals surface area contributed by atoms with Gasteiger partial charge in [-0.25, -0.2) is 17.9 Å². The zero-order valence-electron chi connectivity index (χ0n) is 19.2. The first-order valence-electron chi connectivity index (χ1n) is 11.0. The maximum absolute atomic E-state index is 13.3. The minimum atomic E-state index is -3.92. The Kier molecular flexibility index (Phi) is 9.38. The summed E-state index contributed by atoms with van der Waals surface area (Å²) in [5.74, 6) is -4.77. The fourth-order valence-corrected chi connectivity index (χ4v) is 6.88. The number of nitrogens with zero attached hydrogens (tertiary/aromatic N) is 1. The first kappa shape index (κ1) is 28.7. The molecule has 16 heteroatoms. The molecule has 1 saturated heterocycles. The quantitative estimate of drug-likeness (QED) is 0.183. The van der Waals surface area contributed by atoms with Crippen molar-refractivity contribution in [1.29, 1.82) is 0 Å². The van der Waals surface area contributed by atoms with E-state index < -0.39 is 64.0 Å². The molecule has 2 aromatic rings. The summed E-state index contributed by atoms with van der Waals surface area (Å²) in [7, 11) is -3.92. The van der Waals surface area contributed by atoms with Gasteiger partial charge in [-0.15, -0.1) is 22.7 Å². The van der Waals surface area contributed by atoms with Crippen LogP contribution in [0.2, 0.25) is 0 Å². The number of nitrogens with two attached hydrogens (primary N) is 1. The molecule has 13 nitrogen and oxygen atoms in total. The van der Waals surface area contributed by atoms with Gasteiger partial charge in [0, 0.05) is 23.9 Å². The molecule has 1 aliphatic heterocycles. The van der Waals surface area contributed by atoms with Crippen molar-refractivity contribution in [1.82, 2.24) is 14.9 Å². The Hall–Kier alpha value is -2.89. The smallest absolute Gasteiger partial charge is 0.335 e. The van der Waals surface area contributed by atoms with Crippen LogP contribution < -0.4 is 15.8 Å². The summed E-state index contributed by atoms with van der Waals surface area (Å²) in [5, 5.41) is 34.5. The highest BCUT2D eigenvalue weighted by molar-refractivity contribution is 7.91. The summed E-state index contributed by atoms with van der Waals surface area (Å²) in [6.07, 6.45) is -4.95. The average Bonchev–Trinajstić information content (AvgIpc) is 3.56. The first-order chi connectivity index (χ1) is 17.4. The number of carbonyl (C=O) groups excluding carboxylic acids is 3. The maximum Gasteiger partial charge on any atom is 0.335 e. The fourth-order valence-electron chi connectivity index (χ4n) is 3.84. The number of hydrogen-bond donors (Lipinski definition) is 6. The zero-order valence-corrected chi connectivity index (χ0v) is 21.7. The number of sulfonamides is 1. The van der Waals surface area contributed by atoms with E-state index in [4.69, 9.17) is 10.8 Å². The number of rotatable bonds is 11. The second-order valence-electron chi connectivity index (χ2n) is 8.30. The molecule has 0 saturated carbocycles. The van der Waals surface area contributed by atoms with E-state index in [1.807, 2.05) is 0 Å². The zero-order chi connectivity index (χ0) is 27.3. The normalized spacial score (nSPS) is 20.5. The summed E-state index contributed by atoms with van der Waals surface area (Å²) in [6, 6.07) is 3.09. The molecule has 3 heterocycles. The van der Waals surface area contributed by atoms with Gasteiger partial charge in [-0.2, -0.15) is 0 Å². The summed E-state index contributed by atoms with van der Waals surface area (Å²) in [6.45, 7) is -0.246. The summed E-state index contributed by atoms with van der Waals surface area (Å²) in [5.41, 5.74) is 5.45. The number of aliphatic hydroxyl groups is 2. The number of primary amides is 1. The van der Waals surface area contributed by atoms with Gasteiger partial charge >= 0.3 is 5.97 Å². The van der Waals surface area contributed by atoms with E-state index in [0.29, 0.717) is 0 Å². The van der Waals surface area contributed by atoms with E-state index in [2.05, 4.69) is 10.0 Å². The highest BCUT2D eigenvalue weighted by Gasteiger charge is 2.43. The number of nitrogens with one attached hydrogen (secondary N) is 2. The van der Waals surface area contributed by atoms with Crippen molar-refractivity contribution >= 4 is 56.4 Å². The molecule has 0 radical (unpaired) electrons. The predicted octanol–water partition coefficient (Wildman–Crippen LogP) is -1.53. The van der Waals surface area contributed by atoms with Gasteiger partial charge in [-0.05, 0) is 35.7 Å². The number of aliphatic carboxylic acids is 1. The van der Waals surface area contributed by atoms with E-state index in [9.17, 15) is 37.8 Å². The van der Waals surface area contributed by atoms with Gasteiger partial charge in [-0.1, -0.05) is 12.1 Å². The maximum atomic E-state index is 13.3. The van der Waals surface area contributed by atoms with Gasteiger partial charge in [0.05, 0.1) is 0 Å². The van der Waals surface area contributed by atoms with Crippen molar-refractivity contribution < 1.29 is 42.9 Å². The van der Waals surface area contributed by atoms with Crippen molar-refractivity contribution in [3.05, 3.63) is 39.9 Å². The van der Waals surface area contributed by atoms with Gasteiger partial charge in [-0.3, -0.25) is 14.4 Å². The van der Waals surface area contributed by atoms with Crippen LogP contribution in [-0.2, 0) is 35.6 Å². The Morgan fingerprint density at radius 2 is 1.78 bits per heavy atom. The second-order valence-corrected chi connectivity index (χ2v) is 12.2. The molecule has 0 spiro atoms. The largest absolute Gasteiger partial charge is 0.479 e. The third-order valence-electron chi connectivity index (χ3n) is 5.72. The number of carbonyl (C=O) groups is 4. The predicted molar refractivity (Wildman–Crippen MR) is 132 cm³/mol. The van der Waals surface area contributed by atoms with Crippen LogP contribution in [0.5, 0.6) is 0 Å². The Morgan fingerprint density at radius 1 is 1.11 bits per heavy atom. The van der Waals surface area contributed by atoms with Gasteiger partial charge in [0.15, 0.2) is 12.2 Å². The molecule has 1 aliphatic rings. The molecule has 3 rings (SSSR count). The highest BCUT2D eigenvalue weighted by Crippen LogP contribution is 2.24. The van der Waals surface area contributed by atoms with Crippen LogP contribution >= 0.6 is 22.7 Å². The molecule has 37 heavy (non-hydrogen) atoms. The van der Waals surface area contributed by atoms with Crippen molar-refractivity contribution in [2.75, 3.05) is 6.54 Å². The minimum absolute atomic E-state index is 0.0322. The fraction of sp³-hybridized carbons (Fsp3) is 0.429. The molecular weight excluding hydrogens is 548 g/mol. The van der Waals surface area contributed by atoms with Crippen LogP contribution in [0.4, 0.5) is 0 Å². The van der Waals surface area contributed by atoms with Crippen LogP contribution in [0, 0.1) is 0 Å². The van der Waals surface area contributed by atoms with Crippen LogP contribution in [0.3, 0.4) is 0 Å². The van der Waals surface area contributed by atoms with Crippen molar-refractivity contribution in [3.8, 4) is 0 Å². The third-order valence-corrected chi connectivity index (χ3v) is 9.54. The molecular formula is C21H26N4O9S3. The first-order valence-corrected chi connectivity index (χ1v) is 14.2. The lowest BCUT2D eigenvalue weighted by molar-refractivity contribution is -0.165. The molecule has 202 valence electrons. The minimum Gasteiger partial charge on any atom is -0.479 e. The molecule has 0 bridgehead atoms. The van der Waals surface area contributed by atoms with E-state index >= 15 is 0 Å². The lowest BCUT2D eigenvalue weighted by Gasteiger charge is -2.40. The molecule has 7 N–H and O–H groups in total. The Morgan fingerprint density at radius 3 is 2.35 bits per heavy atom. The molecule has 0 aromatic carbocycles. The standard InChI is InChI=1S/C21H26N4O9S3/c22-18(28)13(10-12-3-1-7-35-12)23-19(29)14-9-11(24-37(33,34)15-4-2-8-36-15)5-6-25(14)20(30)16(26)17(27)21(31)32/h1-4,7-8,11,13-14,16-17,24,26-27H,5-6,9-10H2,(H2,22,28)(H,23,29)(H,31,32). The molecule has 5 unspecified atom stereocenters. The van der Waals surface area contributed by atoms with Gasteiger partial charge < -0.3 is 31.3 Å². The second kappa shape index (κ2) is 12.1. The average molecular weight is 575 g/mol. The molecule has 3 amide bonds. The number of amides is 3. The number of piperidine rings is 1. The lowest BCUT2D eigenvalue weighted by atomic mass is 9.95. The monoisotopic (exact) mass is 574 g/mol. The molecule has 1 fully saturated rings. The number of carboxylic acids is 1. The number of hydrogen-bond acceptors (Lipinski definition) is 10. The summed E-state index contributed by atoms with van der Waals surface area (Å²) < 4.78 is 27.9. The Labute approximate surface area is 219 Å². The van der Waals surface area contributed by atoms with E-state index in [1.165, 1.54) is 17.4 Å². The van der Waals surface area contributed by atoms with Crippen molar-refractivity contribution in [2.45, 2.75) is 53.8 Å². The van der Waals surface area contributed by atoms with Crippen LogP contribution in [0.25, 0.3) is 0 Å². The van der Waals surface area contributed by atoms with Crippen LogP contribution in [0.1, 0.15) is 17.7 Å². The van der Waals surface area contributed by atoms with Crippen LogP contribution in [0.15, 0.2) is 39.2 Å². The lowest BCUT2D eigenvalue weighted by Crippen LogP contribution is -2.62. The molecule has 0 aliphatic carbocycles. The van der Waals surface area contributed by atoms with Gasteiger partial charge in [0.2, 0.25) is 21.8 Å². The number of thiophene rings is 2. The van der Waals surface area contributed by atoms with E-state index in [-0.39, 0.29) is 30.0 Å². The number of likely N-dealkylation sites (tertiary alicyclic amines) is 1. The summed E-state index contributed by atoms with van der Waals surface area (Å²) in [4.78, 5) is 50.8.